The third-order valence-corrected chi connectivity index (χ3v) is 2.83. The van der Waals surface area contributed by atoms with E-state index in [9.17, 15) is 4.79 Å². The molecular formula is C14H17NO4. The molecule has 0 aliphatic carbocycles. The van der Waals surface area contributed by atoms with Gasteiger partial charge in [0.2, 0.25) is 0 Å². The van der Waals surface area contributed by atoms with Gasteiger partial charge in [0.05, 0.1) is 19.7 Å². The van der Waals surface area contributed by atoms with Gasteiger partial charge in [0, 0.05) is 19.0 Å². The standard InChI is InChI=1S/C14H17NO4/c1-18-7-6-15(10-14(16)17)9-12-8-11-4-2-3-5-13(11)19-12/h2-5,8H,6-7,9-10H2,1H3,(H,16,17). The van der Waals surface area contributed by atoms with Crippen LogP contribution in [0.5, 0.6) is 0 Å². The highest BCUT2D eigenvalue weighted by atomic mass is 16.5. The van der Waals surface area contributed by atoms with Crippen molar-refractivity contribution in [2.75, 3.05) is 26.8 Å². The molecule has 1 heterocycles. The molecule has 5 nitrogen and oxygen atoms in total. The van der Waals surface area contributed by atoms with Crippen LogP contribution >= 0.6 is 0 Å². The van der Waals surface area contributed by atoms with Crippen LogP contribution in [0.3, 0.4) is 0 Å². The largest absolute Gasteiger partial charge is 0.480 e. The summed E-state index contributed by atoms with van der Waals surface area (Å²) in [4.78, 5) is 12.6. The first kappa shape index (κ1) is 13.6. The predicted molar refractivity (Wildman–Crippen MR) is 71.0 cm³/mol. The van der Waals surface area contributed by atoms with Crippen molar-refractivity contribution in [2.45, 2.75) is 6.54 Å². The molecule has 0 spiro atoms. The van der Waals surface area contributed by atoms with E-state index in [4.69, 9.17) is 14.3 Å². The van der Waals surface area contributed by atoms with E-state index in [-0.39, 0.29) is 6.54 Å². The minimum absolute atomic E-state index is 0.0274. The number of fused-ring (bicyclic) bond motifs is 1. The van der Waals surface area contributed by atoms with E-state index < -0.39 is 5.97 Å². The third kappa shape index (κ3) is 3.81. The molecule has 2 rings (SSSR count). The number of carboxylic acid groups (broad SMARTS) is 1. The minimum atomic E-state index is -0.854. The van der Waals surface area contributed by atoms with Gasteiger partial charge in [0.25, 0.3) is 0 Å². The van der Waals surface area contributed by atoms with Crippen LogP contribution in [0.25, 0.3) is 11.0 Å². The van der Waals surface area contributed by atoms with Gasteiger partial charge in [-0.1, -0.05) is 18.2 Å². The van der Waals surface area contributed by atoms with Crippen molar-refractivity contribution in [1.29, 1.82) is 0 Å². The van der Waals surface area contributed by atoms with Crippen molar-refractivity contribution >= 4 is 16.9 Å². The molecule has 0 saturated carbocycles. The van der Waals surface area contributed by atoms with E-state index in [2.05, 4.69) is 0 Å². The quantitative estimate of drug-likeness (QED) is 0.827. The monoisotopic (exact) mass is 263 g/mol. The van der Waals surface area contributed by atoms with Gasteiger partial charge >= 0.3 is 5.97 Å². The Labute approximate surface area is 111 Å². The number of hydrogen-bond acceptors (Lipinski definition) is 4. The highest BCUT2D eigenvalue weighted by molar-refractivity contribution is 5.77. The molecule has 1 aromatic carbocycles. The normalized spacial score (nSPS) is 11.3. The van der Waals surface area contributed by atoms with Crippen molar-refractivity contribution in [2.24, 2.45) is 0 Å². The Kier molecular flexibility index (Phi) is 4.54. The maximum absolute atomic E-state index is 10.8. The fourth-order valence-electron chi connectivity index (χ4n) is 1.96. The van der Waals surface area contributed by atoms with Crippen LogP contribution in [-0.2, 0) is 16.1 Å². The predicted octanol–water partition coefficient (Wildman–Crippen LogP) is 1.97. The molecule has 0 atom stereocenters. The maximum atomic E-state index is 10.8. The molecule has 0 amide bonds. The number of nitrogens with zero attached hydrogens (tertiary/aromatic N) is 1. The Morgan fingerprint density at radius 1 is 1.42 bits per heavy atom. The van der Waals surface area contributed by atoms with Gasteiger partial charge in [-0.25, -0.2) is 0 Å². The summed E-state index contributed by atoms with van der Waals surface area (Å²) < 4.78 is 10.7. The fraction of sp³-hybridized carbons (Fsp3) is 0.357. The summed E-state index contributed by atoms with van der Waals surface area (Å²) in [6.07, 6.45) is 0. The molecule has 1 aromatic heterocycles. The third-order valence-electron chi connectivity index (χ3n) is 2.83. The first-order valence-electron chi connectivity index (χ1n) is 6.09. The zero-order chi connectivity index (χ0) is 13.7. The number of para-hydroxylation sites is 1. The molecule has 5 heteroatoms. The van der Waals surface area contributed by atoms with Gasteiger partial charge in [0.1, 0.15) is 11.3 Å². The molecule has 19 heavy (non-hydrogen) atoms. The molecule has 0 saturated heterocycles. The summed E-state index contributed by atoms with van der Waals surface area (Å²) in [5, 5.41) is 9.92. The Balaban J connectivity index is 2.08. The lowest BCUT2D eigenvalue weighted by Crippen LogP contribution is -2.32. The lowest BCUT2D eigenvalue weighted by molar-refractivity contribution is -0.138. The maximum Gasteiger partial charge on any atom is 0.317 e. The van der Waals surface area contributed by atoms with Gasteiger partial charge < -0.3 is 14.3 Å². The average molecular weight is 263 g/mol. The number of carboxylic acids is 1. The Hall–Kier alpha value is -1.85. The molecule has 0 aliphatic rings. The number of hydrogen-bond donors (Lipinski definition) is 1. The zero-order valence-electron chi connectivity index (χ0n) is 10.8. The highest BCUT2D eigenvalue weighted by Crippen LogP contribution is 2.19. The number of methoxy groups -OCH3 is 1. The van der Waals surface area contributed by atoms with Crippen molar-refractivity contribution in [3.63, 3.8) is 0 Å². The van der Waals surface area contributed by atoms with E-state index in [0.717, 1.165) is 16.7 Å². The van der Waals surface area contributed by atoms with E-state index in [1.165, 1.54) is 0 Å². The van der Waals surface area contributed by atoms with Crippen molar-refractivity contribution in [3.8, 4) is 0 Å². The summed E-state index contributed by atoms with van der Waals surface area (Å²) in [7, 11) is 1.60. The second kappa shape index (κ2) is 6.36. The summed E-state index contributed by atoms with van der Waals surface area (Å²) in [6, 6.07) is 9.67. The topological polar surface area (TPSA) is 62.9 Å². The Morgan fingerprint density at radius 3 is 2.89 bits per heavy atom. The van der Waals surface area contributed by atoms with Crippen molar-refractivity contribution in [3.05, 3.63) is 36.1 Å². The van der Waals surface area contributed by atoms with Crippen LogP contribution in [-0.4, -0.2) is 42.8 Å². The van der Waals surface area contributed by atoms with Crippen LogP contribution in [0.15, 0.2) is 34.7 Å². The van der Waals surface area contributed by atoms with Gasteiger partial charge in [-0.2, -0.15) is 0 Å². The van der Waals surface area contributed by atoms with Crippen LogP contribution in [0.2, 0.25) is 0 Å². The number of furan rings is 1. The molecule has 0 radical (unpaired) electrons. The fourth-order valence-corrected chi connectivity index (χ4v) is 1.96. The molecular weight excluding hydrogens is 246 g/mol. The number of benzene rings is 1. The Morgan fingerprint density at radius 2 is 2.21 bits per heavy atom. The minimum Gasteiger partial charge on any atom is -0.480 e. The van der Waals surface area contributed by atoms with Crippen LogP contribution < -0.4 is 0 Å². The molecule has 0 aliphatic heterocycles. The summed E-state index contributed by atoms with van der Waals surface area (Å²) >= 11 is 0. The molecule has 2 aromatic rings. The number of carbonyl (C=O) groups is 1. The van der Waals surface area contributed by atoms with Gasteiger partial charge in [-0.3, -0.25) is 9.69 Å². The van der Waals surface area contributed by atoms with E-state index >= 15 is 0 Å². The molecule has 1 N–H and O–H groups in total. The SMILES string of the molecule is COCCN(CC(=O)O)Cc1cc2ccccc2o1. The van der Waals surface area contributed by atoms with E-state index in [1.807, 2.05) is 30.3 Å². The zero-order valence-corrected chi connectivity index (χ0v) is 10.8. The van der Waals surface area contributed by atoms with E-state index in [0.29, 0.717) is 19.7 Å². The number of aliphatic carboxylic acids is 1. The highest BCUT2D eigenvalue weighted by Gasteiger charge is 2.12. The van der Waals surface area contributed by atoms with Crippen LogP contribution in [0.4, 0.5) is 0 Å². The molecule has 0 fully saturated rings. The summed E-state index contributed by atoms with van der Waals surface area (Å²) in [5.41, 5.74) is 0.819. The first-order chi connectivity index (χ1) is 9.19. The lowest BCUT2D eigenvalue weighted by Gasteiger charge is -2.18. The van der Waals surface area contributed by atoms with E-state index in [1.54, 1.807) is 12.0 Å². The second-order valence-electron chi connectivity index (χ2n) is 4.35. The summed E-state index contributed by atoms with van der Waals surface area (Å²) in [6.45, 7) is 1.48. The second-order valence-corrected chi connectivity index (χ2v) is 4.35. The molecule has 0 unspecified atom stereocenters. The van der Waals surface area contributed by atoms with Gasteiger partial charge in [-0.15, -0.1) is 0 Å². The Bertz CT molecular complexity index is 516. The number of ether oxygens (including phenoxy) is 1. The van der Waals surface area contributed by atoms with Gasteiger partial charge in [-0.05, 0) is 12.1 Å². The molecule has 102 valence electrons. The molecule has 0 bridgehead atoms. The first-order valence-corrected chi connectivity index (χ1v) is 6.09. The smallest absolute Gasteiger partial charge is 0.317 e. The summed E-state index contributed by atoms with van der Waals surface area (Å²) in [5.74, 6) is -0.0919. The van der Waals surface area contributed by atoms with Crippen LogP contribution in [0, 0.1) is 0 Å². The lowest BCUT2D eigenvalue weighted by atomic mass is 10.2. The number of rotatable bonds is 7. The van der Waals surface area contributed by atoms with Crippen LogP contribution in [0.1, 0.15) is 5.76 Å². The average Bonchev–Trinajstić information content (AvgIpc) is 2.77. The van der Waals surface area contributed by atoms with Crippen molar-refractivity contribution < 1.29 is 19.1 Å². The van der Waals surface area contributed by atoms with Crippen molar-refractivity contribution in [1.82, 2.24) is 4.90 Å². The van der Waals surface area contributed by atoms with Gasteiger partial charge in [0.15, 0.2) is 0 Å².